The molecule has 0 aliphatic carbocycles. The largest absolute Gasteiger partial charge is 0.463 e. The van der Waals surface area contributed by atoms with Gasteiger partial charge in [-0.3, -0.25) is 4.79 Å². The van der Waals surface area contributed by atoms with Crippen LogP contribution in [-0.2, 0) is 28.6 Å². The Morgan fingerprint density at radius 2 is 1.62 bits per heavy atom. The Kier molecular flexibility index (Phi) is 10.2. The van der Waals surface area contributed by atoms with E-state index in [1.807, 2.05) is 0 Å². The molecule has 21 heavy (non-hydrogen) atoms. The van der Waals surface area contributed by atoms with Crippen LogP contribution in [0.2, 0.25) is 0 Å². The van der Waals surface area contributed by atoms with E-state index in [1.165, 1.54) is 18.2 Å². The third-order valence-corrected chi connectivity index (χ3v) is 2.01. The molecule has 7 nitrogen and oxygen atoms in total. The summed E-state index contributed by atoms with van der Waals surface area (Å²) in [7, 11) is 0. The molecular weight excluding hydrogens is 278 g/mol. The second-order valence-corrected chi connectivity index (χ2v) is 3.77. The molecule has 0 saturated carbocycles. The monoisotopic (exact) mass is 299 g/mol. The van der Waals surface area contributed by atoms with Crippen LogP contribution in [0.1, 0.15) is 20.8 Å². The van der Waals surface area contributed by atoms with Crippen LogP contribution in [0.3, 0.4) is 0 Å². The molecule has 0 saturated heterocycles. The van der Waals surface area contributed by atoms with Crippen LogP contribution in [0, 0.1) is 0 Å². The highest BCUT2D eigenvalue weighted by molar-refractivity contribution is 5.83. The smallest absolute Gasteiger partial charge is 0.332 e. The minimum Gasteiger partial charge on any atom is -0.463 e. The van der Waals surface area contributed by atoms with Crippen LogP contribution < -0.4 is 5.32 Å². The van der Waals surface area contributed by atoms with Crippen molar-refractivity contribution >= 4 is 17.9 Å². The van der Waals surface area contributed by atoms with Crippen LogP contribution in [0.15, 0.2) is 23.9 Å². The van der Waals surface area contributed by atoms with Crippen LogP contribution in [0.4, 0.5) is 0 Å². The van der Waals surface area contributed by atoms with Crippen LogP contribution in [-0.4, -0.2) is 44.3 Å². The number of carbonyl (C=O) groups is 3. The Bertz CT molecular complexity index is 414. The fraction of sp³-hybridized carbons (Fsp3) is 0.500. The van der Waals surface area contributed by atoms with Gasteiger partial charge < -0.3 is 19.5 Å². The standard InChI is InChI=1S/C14H21NO6/c1-4-19-12(16)7-6-8-21-14(18)10-15-11(3)9-13(17)20-5-2/h6-7,9,15H,4-5,8,10H2,1-3H3/b7-6+,11-9-. The molecule has 118 valence electrons. The zero-order valence-corrected chi connectivity index (χ0v) is 12.5. The van der Waals surface area contributed by atoms with Crippen molar-refractivity contribution in [2.45, 2.75) is 20.8 Å². The molecule has 0 amide bonds. The molecule has 0 atom stereocenters. The molecule has 0 aliphatic rings. The number of hydrogen-bond acceptors (Lipinski definition) is 7. The predicted molar refractivity (Wildman–Crippen MR) is 75.1 cm³/mol. The first-order valence-electron chi connectivity index (χ1n) is 6.57. The van der Waals surface area contributed by atoms with Crippen molar-refractivity contribution in [1.82, 2.24) is 5.32 Å². The Balaban J connectivity index is 3.90. The van der Waals surface area contributed by atoms with Gasteiger partial charge in [-0.25, -0.2) is 9.59 Å². The molecule has 0 aromatic heterocycles. The van der Waals surface area contributed by atoms with Gasteiger partial charge in [0.15, 0.2) is 0 Å². The lowest BCUT2D eigenvalue weighted by Gasteiger charge is -2.06. The number of esters is 3. The first-order chi connectivity index (χ1) is 9.99. The van der Waals surface area contributed by atoms with E-state index in [-0.39, 0.29) is 19.8 Å². The maximum atomic E-state index is 11.4. The fourth-order valence-electron chi connectivity index (χ4n) is 1.15. The molecule has 0 heterocycles. The second kappa shape index (κ2) is 11.5. The summed E-state index contributed by atoms with van der Waals surface area (Å²) in [6.45, 7) is 5.50. The van der Waals surface area contributed by atoms with E-state index >= 15 is 0 Å². The van der Waals surface area contributed by atoms with Gasteiger partial charge >= 0.3 is 17.9 Å². The topological polar surface area (TPSA) is 90.9 Å². The van der Waals surface area contributed by atoms with Crippen molar-refractivity contribution in [1.29, 1.82) is 0 Å². The molecule has 0 aromatic rings. The summed E-state index contributed by atoms with van der Waals surface area (Å²) < 4.78 is 14.2. The highest BCUT2D eigenvalue weighted by Gasteiger charge is 2.03. The maximum Gasteiger partial charge on any atom is 0.332 e. The van der Waals surface area contributed by atoms with E-state index in [9.17, 15) is 14.4 Å². The molecule has 0 fully saturated rings. The van der Waals surface area contributed by atoms with Gasteiger partial charge in [0, 0.05) is 17.8 Å². The number of ether oxygens (including phenoxy) is 3. The third-order valence-electron chi connectivity index (χ3n) is 2.01. The van der Waals surface area contributed by atoms with E-state index in [0.29, 0.717) is 12.3 Å². The van der Waals surface area contributed by atoms with Crippen molar-refractivity contribution in [3.05, 3.63) is 23.9 Å². The van der Waals surface area contributed by atoms with E-state index < -0.39 is 17.9 Å². The number of rotatable bonds is 9. The van der Waals surface area contributed by atoms with Gasteiger partial charge in [-0.1, -0.05) is 0 Å². The first kappa shape index (κ1) is 18.7. The van der Waals surface area contributed by atoms with E-state index in [2.05, 4.69) is 10.1 Å². The van der Waals surface area contributed by atoms with Crippen molar-refractivity contribution in [2.75, 3.05) is 26.4 Å². The highest BCUT2D eigenvalue weighted by Crippen LogP contribution is 1.90. The third kappa shape index (κ3) is 11.2. The zero-order valence-electron chi connectivity index (χ0n) is 12.5. The highest BCUT2D eigenvalue weighted by atomic mass is 16.5. The molecule has 0 spiro atoms. The van der Waals surface area contributed by atoms with E-state index in [0.717, 1.165) is 0 Å². The minimum absolute atomic E-state index is 0.0278. The summed E-state index contributed by atoms with van der Waals surface area (Å²) in [5, 5.41) is 2.71. The first-order valence-corrected chi connectivity index (χ1v) is 6.57. The van der Waals surface area contributed by atoms with E-state index in [1.54, 1.807) is 20.8 Å². The summed E-state index contributed by atoms with van der Waals surface area (Å²) in [6, 6.07) is 0. The average molecular weight is 299 g/mol. The van der Waals surface area contributed by atoms with E-state index in [4.69, 9.17) is 9.47 Å². The zero-order chi connectivity index (χ0) is 16.1. The second-order valence-electron chi connectivity index (χ2n) is 3.77. The predicted octanol–water partition coefficient (Wildman–Crippen LogP) is 0.705. The molecular formula is C14H21NO6. The number of allylic oxidation sites excluding steroid dienone is 1. The van der Waals surface area contributed by atoms with Crippen LogP contribution in [0.25, 0.3) is 0 Å². The van der Waals surface area contributed by atoms with Gasteiger partial charge in [0.05, 0.1) is 13.2 Å². The lowest BCUT2D eigenvalue weighted by atomic mass is 10.4. The number of carbonyl (C=O) groups excluding carboxylic acids is 3. The molecule has 0 radical (unpaired) electrons. The maximum absolute atomic E-state index is 11.4. The number of nitrogens with one attached hydrogen (secondary N) is 1. The number of hydrogen-bond donors (Lipinski definition) is 1. The Morgan fingerprint density at radius 3 is 2.24 bits per heavy atom. The lowest BCUT2D eigenvalue weighted by Crippen LogP contribution is -2.24. The van der Waals surface area contributed by atoms with Gasteiger partial charge in [0.1, 0.15) is 13.2 Å². The summed E-state index contributed by atoms with van der Waals surface area (Å²) in [5.41, 5.74) is 0.493. The Morgan fingerprint density at radius 1 is 1.00 bits per heavy atom. The van der Waals surface area contributed by atoms with Crippen molar-refractivity contribution < 1.29 is 28.6 Å². The summed E-state index contributed by atoms with van der Waals surface area (Å²) in [5.74, 6) is -1.48. The summed E-state index contributed by atoms with van der Waals surface area (Å²) >= 11 is 0. The molecule has 0 bridgehead atoms. The van der Waals surface area contributed by atoms with Gasteiger partial charge in [0.2, 0.25) is 0 Å². The quantitative estimate of drug-likeness (QED) is 0.381. The van der Waals surface area contributed by atoms with Crippen molar-refractivity contribution in [3.8, 4) is 0 Å². The van der Waals surface area contributed by atoms with Crippen molar-refractivity contribution in [3.63, 3.8) is 0 Å². The molecule has 7 heteroatoms. The summed E-state index contributed by atoms with van der Waals surface area (Å²) in [6.07, 6.45) is 3.82. The van der Waals surface area contributed by atoms with Gasteiger partial charge in [0.25, 0.3) is 0 Å². The normalized spacial score (nSPS) is 11.1. The van der Waals surface area contributed by atoms with Gasteiger partial charge in [-0.2, -0.15) is 0 Å². The SMILES string of the molecule is CCOC(=O)/C=C(/C)NCC(=O)OC/C=C/C(=O)OCC. The average Bonchev–Trinajstić information content (AvgIpc) is 2.42. The molecule has 1 N–H and O–H groups in total. The molecule has 0 unspecified atom stereocenters. The fourth-order valence-corrected chi connectivity index (χ4v) is 1.15. The Labute approximate surface area is 123 Å². The minimum atomic E-state index is -0.514. The molecule has 0 aromatic carbocycles. The lowest BCUT2D eigenvalue weighted by molar-refractivity contribution is -0.142. The van der Waals surface area contributed by atoms with Crippen molar-refractivity contribution in [2.24, 2.45) is 0 Å². The molecule has 0 aliphatic heterocycles. The van der Waals surface area contributed by atoms with Gasteiger partial charge in [-0.05, 0) is 26.8 Å². The van der Waals surface area contributed by atoms with Gasteiger partial charge in [-0.15, -0.1) is 0 Å². The Hall–Kier alpha value is -2.31. The summed E-state index contributed by atoms with van der Waals surface area (Å²) in [4.78, 5) is 33.4. The van der Waals surface area contributed by atoms with Crippen LogP contribution in [0.5, 0.6) is 0 Å². The van der Waals surface area contributed by atoms with Crippen LogP contribution >= 0.6 is 0 Å². The molecule has 0 rings (SSSR count).